The van der Waals surface area contributed by atoms with Gasteiger partial charge in [0.2, 0.25) is 12.3 Å². The van der Waals surface area contributed by atoms with Crippen molar-refractivity contribution in [3.8, 4) is 11.5 Å². The summed E-state index contributed by atoms with van der Waals surface area (Å²) < 4.78 is 15.7. The molecule has 130 valence electrons. The lowest BCUT2D eigenvalue weighted by atomic mass is 10.1. The summed E-state index contributed by atoms with van der Waals surface area (Å²) in [4.78, 5) is 12.4. The Morgan fingerprint density at radius 1 is 1.32 bits per heavy atom. The first-order chi connectivity index (χ1) is 12.2. The van der Waals surface area contributed by atoms with E-state index >= 15 is 0 Å². The number of hydrogen-bond acceptors (Lipinski definition) is 6. The summed E-state index contributed by atoms with van der Waals surface area (Å²) in [5, 5.41) is 13.2. The number of benzene rings is 1. The van der Waals surface area contributed by atoms with E-state index in [0.717, 1.165) is 11.1 Å². The van der Waals surface area contributed by atoms with E-state index in [-0.39, 0.29) is 12.1 Å². The molecule has 0 saturated heterocycles. The van der Waals surface area contributed by atoms with Gasteiger partial charge in [-0.25, -0.2) is 4.79 Å². The van der Waals surface area contributed by atoms with E-state index in [1.54, 1.807) is 31.6 Å². The second kappa shape index (κ2) is 7.63. The molecule has 2 aromatic heterocycles. The van der Waals surface area contributed by atoms with Gasteiger partial charge in [0, 0.05) is 18.4 Å². The summed E-state index contributed by atoms with van der Waals surface area (Å²) in [7, 11) is 1.56. The minimum Gasteiger partial charge on any atom is -0.467 e. The standard InChI is InChI=1S/C17H18N4O4/c1-11-5-6-12(16-21-18-10-25-16)8-13(11)19-17(22)20-14(9-23-2)15-4-3-7-24-15/h3-8,10,14H,9H2,1-2H3,(H2,19,20,22)/t14-/m1/s1. The highest BCUT2D eigenvalue weighted by atomic mass is 16.5. The third-order valence-corrected chi connectivity index (χ3v) is 3.62. The van der Waals surface area contributed by atoms with Gasteiger partial charge in [-0.2, -0.15) is 0 Å². The molecule has 0 spiro atoms. The summed E-state index contributed by atoms with van der Waals surface area (Å²) in [6.45, 7) is 2.19. The Morgan fingerprint density at radius 3 is 2.88 bits per heavy atom. The van der Waals surface area contributed by atoms with Crippen LogP contribution in [-0.2, 0) is 4.74 Å². The first kappa shape index (κ1) is 16.7. The average Bonchev–Trinajstić information content (AvgIpc) is 3.30. The number of carbonyl (C=O) groups excluding carboxylic acids is 1. The van der Waals surface area contributed by atoms with Crippen LogP contribution in [0.5, 0.6) is 0 Å². The van der Waals surface area contributed by atoms with Crippen molar-refractivity contribution in [1.29, 1.82) is 0 Å². The number of hydrogen-bond donors (Lipinski definition) is 2. The number of amides is 2. The van der Waals surface area contributed by atoms with Crippen molar-refractivity contribution in [1.82, 2.24) is 15.5 Å². The van der Waals surface area contributed by atoms with Gasteiger partial charge in [-0.1, -0.05) is 6.07 Å². The van der Waals surface area contributed by atoms with Gasteiger partial charge < -0.3 is 24.2 Å². The van der Waals surface area contributed by atoms with E-state index in [1.807, 2.05) is 19.1 Å². The van der Waals surface area contributed by atoms with Crippen molar-refractivity contribution in [2.24, 2.45) is 0 Å². The quantitative estimate of drug-likeness (QED) is 0.713. The number of nitrogens with one attached hydrogen (secondary N) is 2. The number of aromatic nitrogens is 2. The van der Waals surface area contributed by atoms with Crippen molar-refractivity contribution in [2.45, 2.75) is 13.0 Å². The van der Waals surface area contributed by atoms with Crippen molar-refractivity contribution >= 4 is 11.7 Å². The van der Waals surface area contributed by atoms with Crippen molar-refractivity contribution < 1.29 is 18.4 Å². The predicted molar refractivity (Wildman–Crippen MR) is 90.0 cm³/mol. The molecule has 2 amide bonds. The summed E-state index contributed by atoms with van der Waals surface area (Å²) in [5.41, 5.74) is 2.27. The number of furan rings is 1. The van der Waals surface area contributed by atoms with E-state index in [1.165, 1.54) is 6.39 Å². The maximum atomic E-state index is 12.4. The Balaban J connectivity index is 1.73. The smallest absolute Gasteiger partial charge is 0.319 e. The van der Waals surface area contributed by atoms with E-state index < -0.39 is 0 Å². The van der Waals surface area contributed by atoms with Gasteiger partial charge >= 0.3 is 6.03 Å². The van der Waals surface area contributed by atoms with Crippen LogP contribution in [0.3, 0.4) is 0 Å². The number of methoxy groups -OCH3 is 1. The number of urea groups is 1. The van der Waals surface area contributed by atoms with Crippen LogP contribution in [0, 0.1) is 6.92 Å². The second-order valence-corrected chi connectivity index (χ2v) is 5.40. The van der Waals surface area contributed by atoms with Crippen LogP contribution in [0.25, 0.3) is 11.5 Å². The topological polar surface area (TPSA) is 102 Å². The Kier molecular flexibility index (Phi) is 5.10. The maximum Gasteiger partial charge on any atom is 0.319 e. The molecule has 0 fully saturated rings. The molecular formula is C17H18N4O4. The zero-order chi connectivity index (χ0) is 17.6. The molecule has 25 heavy (non-hydrogen) atoms. The molecule has 0 aliphatic heterocycles. The fourth-order valence-corrected chi connectivity index (χ4v) is 2.36. The third kappa shape index (κ3) is 4.04. The molecule has 8 nitrogen and oxygen atoms in total. The SMILES string of the molecule is COC[C@@H](NC(=O)Nc1cc(-c2nnco2)ccc1C)c1ccco1. The Labute approximate surface area is 144 Å². The van der Waals surface area contributed by atoms with E-state index in [4.69, 9.17) is 13.6 Å². The summed E-state index contributed by atoms with van der Waals surface area (Å²) in [6, 6.07) is 8.28. The fraction of sp³-hybridized carbons (Fsp3) is 0.235. The molecule has 0 aliphatic rings. The van der Waals surface area contributed by atoms with Gasteiger partial charge in [-0.15, -0.1) is 10.2 Å². The predicted octanol–water partition coefficient (Wildman–Crippen LogP) is 3.15. The van der Waals surface area contributed by atoms with Crippen LogP contribution in [0.4, 0.5) is 10.5 Å². The van der Waals surface area contributed by atoms with Crippen LogP contribution in [0.15, 0.2) is 51.8 Å². The van der Waals surface area contributed by atoms with E-state index in [0.29, 0.717) is 23.9 Å². The molecule has 2 heterocycles. The zero-order valence-corrected chi connectivity index (χ0v) is 13.9. The highest BCUT2D eigenvalue weighted by Gasteiger charge is 2.18. The van der Waals surface area contributed by atoms with Gasteiger partial charge in [-0.3, -0.25) is 0 Å². The number of carbonyl (C=O) groups is 1. The highest BCUT2D eigenvalue weighted by molar-refractivity contribution is 5.91. The Morgan fingerprint density at radius 2 is 2.20 bits per heavy atom. The number of aryl methyl sites for hydroxylation is 1. The monoisotopic (exact) mass is 342 g/mol. The van der Waals surface area contributed by atoms with Crippen LogP contribution in [-0.4, -0.2) is 29.9 Å². The first-order valence-corrected chi connectivity index (χ1v) is 7.64. The molecule has 0 unspecified atom stereocenters. The second-order valence-electron chi connectivity index (χ2n) is 5.40. The van der Waals surface area contributed by atoms with Crippen LogP contribution in [0.1, 0.15) is 17.4 Å². The normalized spacial score (nSPS) is 11.9. The van der Waals surface area contributed by atoms with E-state index in [9.17, 15) is 4.79 Å². The first-order valence-electron chi connectivity index (χ1n) is 7.64. The molecule has 0 bridgehead atoms. The Bertz CT molecular complexity index is 815. The van der Waals surface area contributed by atoms with Crippen molar-refractivity contribution in [3.05, 3.63) is 54.3 Å². The lowest BCUT2D eigenvalue weighted by Gasteiger charge is -2.17. The van der Waals surface area contributed by atoms with Gasteiger partial charge in [0.15, 0.2) is 0 Å². The maximum absolute atomic E-state index is 12.4. The zero-order valence-electron chi connectivity index (χ0n) is 13.9. The minimum atomic E-state index is -0.389. The van der Waals surface area contributed by atoms with Crippen LogP contribution < -0.4 is 10.6 Å². The lowest BCUT2D eigenvalue weighted by molar-refractivity contribution is 0.159. The molecule has 3 aromatic rings. The average molecular weight is 342 g/mol. The largest absolute Gasteiger partial charge is 0.467 e. The molecule has 8 heteroatoms. The minimum absolute atomic E-state index is 0.294. The van der Waals surface area contributed by atoms with Crippen LogP contribution in [0.2, 0.25) is 0 Å². The molecule has 1 aromatic carbocycles. The van der Waals surface area contributed by atoms with Gasteiger partial charge in [0.1, 0.15) is 11.8 Å². The molecule has 2 N–H and O–H groups in total. The molecule has 0 aliphatic carbocycles. The fourth-order valence-electron chi connectivity index (χ4n) is 2.36. The summed E-state index contributed by atoms with van der Waals surface area (Å²) in [6.07, 6.45) is 2.81. The Hall–Kier alpha value is -3.13. The number of rotatable bonds is 6. The summed E-state index contributed by atoms with van der Waals surface area (Å²) >= 11 is 0. The van der Waals surface area contributed by atoms with Gasteiger partial charge in [0.25, 0.3) is 0 Å². The highest BCUT2D eigenvalue weighted by Crippen LogP contribution is 2.24. The third-order valence-electron chi connectivity index (χ3n) is 3.62. The number of anilines is 1. The van der Waals surface area contributed by atoms with Gasteiger partial charge in [-0.05, 0) is 36.8 Å². The number of ether oxygens (including phenoxy) is 1. The molecule has 0 saturated carbocycles. The molecule has 1 atom stereocenters. The van der Waals surface area contributed by atoms with Gasteiger partial charge in [0.05, 0.1) is 12.9 Å². The molecule has 3 rings (SSSR count). The molecular weight excluding hydrogens is 324 g/mol. The molecule has 0 radical (unpaired) electrons. The van der Waals surface area contributed by atoms with E-state index in [2.05, 4.69) is 20.8 Å². The van der Waals surface area contributed by atoms with Crippen molar-refractivity contribution in [3.63, 3.8) is 0 Å². The number of nitrogens with zero attached hydrogens (tertiary/aromatic N) is 2. The van der Waals surface area contributed by atoms with Crippen LogP contribution >= 0.6 is 0 Å². The van der Waals surface area contributed by atoms with Crippen molar-refractivity contribution in [2.75, 3.05) is 19.0 Å². The lowest BCUT2D eigenvalue weighted by Crippen LogP contribution is -2.34. The summed E-state index contributed by atoms with van der Waals surface area (Å²) in [5.74, 6) is 1.00.